The number of nitrogens with zero attached hydrogens (tertiary/aromatic N) is 2. The second-order valence-corrected chi connectivity index (χ2v) is 17.3. The van der Waals surface area contributed by atoms with Crippen LogP contribution in [0.1, 0.15) is 93.2 Å². The highest BCUT2D eigenvalue weighted by Crippen LogP contribution is 2.62. The summed E-state index contributed by atoms with van der Waals surface area (Å²) in [6.45, 7) is 8.87. The summed E-state index contributed by atoms with van der Waals surface area (Å²) in [5.74, 6) is -2.32. The van der Waals surface area contributed by atoms with Crippen LogP contribution in [0, 0.1) is 23.6 Å². The number of oxime groups is 1. The predicted molar refractivity (Wildman–Crippen MR) is 247 cm³/mol. The van der Waals surface area contributed by atoms with E-state index in [2.05, 4.69) is 24.6 Å². The molecule has 66 heavy (non-hydrogen) atoms. The van der Waals surface area contributed by atoms with Crippen LogP contribution in [0.3, 0.4) is 0 Å². The smallest absolute Gasteiger partial charge is 0.412 e. The second kappa shape index (κ2) is 23.8. The Balaban J connectivity index is 1.41. The number of rotatable bonds is 22. The first-order chi connectivity index (χ1) is 32.3. The molecular formula is C52H64FN3O10. The third-order valence-corrected chi connectivity index (χ3v) is 13.0. The summed E-state index contributed by atoms with van der Waals surface area (Å²) in [6.07, 6.45) is 11.0. The quantitative estimate of drug-likeness (QED) is 0.0504. The van der Waals surface area contributed by atoms with Crippen LogP contribution in [-0.4, -0.2) is 84.2 Å². The molecule has 2 amide bonds. The zero-order valence-electron chi connectivity index (χ0n) is 37.7. The van der Waals surface area contributed by atoms with Crippen molar-refractivity contribution in [3.8, 4) is 11.5 Å². The Morgan fingerprint density at radius 3 is 2.47 bits per heavy atom. The molecule has 0 spiro atoms. The first kappa shape index (κ1) is 48.4. The third kappa shape index (κ3) is 11.7. The molecule has 2 fully saturated rings. The van der Waals surface area contributed by atoms with E-state index in [0.717, 1.165) is 48.8 Å². The molecule has 354 valence electrons. The van der Waals surface area contributed by atoms with E-state index >= 15 is 0 Å². The molecule has 1 saturated heterocycles. The molecular weight excluding hydrogens is 846 g/mol. The molecule has 2 heterocycles. The normalized spacial score (nSPS) is 24.7. The van der Waals surface area contributed by atoms with Crippen LogP contribution in [0.15, 0.2) is 115 Å². The van der Waals surface area contributed by atoms with E-state index in [1.54, 1.807) is 41.3 Å². The summed E-state index contributed by atoms with van der Waals surface area (Å²) in [7, 11) is 0. The van der Waals surface area contributed by atoms with Gasteiger partial charge in [0.15, 0.2) is 0 Å². The Hall–Kier alpha value is -5.54. The van der Waals surface area contributed by atoms with E-state index in [9.17, 15) is 24.2 Å². The van der Waals surface area contributed by atoms with Gasteiger partial charge in [0, 0.05) is 50.6 Å². The van der Waals surface area contributed by atoms with Crippen molar-refractivity contribution >= 4 is 17.9 Å². The number of carbonyl (C=O) groups is 2. The minimum atomic E-state index is -1.59. The van der Waals surface area contributed by atoms with Crippen LogP contribution in [-0.2, 0) is 32.1 Å². The summed E-state index contributed by atoms with van der Waals surface area (Å²) < 4.78 is 46.6. The molecule has 1 saturated carbocycles. The lowest BCUT2D eigenvalue weighted by atomic mass is 9.55. The second-order valence-electron chi connectivity index (χ2n) is 17.3. The molecule has 2 aliphatic carbocycles. The Labute approximate surface area is 387 Å². The summed E-state index contributed by atoms with van der Waals surface area (Å²) in [5.41, 5.74) is 3.78. The maximum absolute atomic E-state index is 14.7. The average molecular weight is 910 g/mol. The number of unbranched alkanes of at least 4 members (excludes halogenated alkanes) is 2. The topological polar surface area (TPSA) is 158 Å². The number of nitrogens with one attached hydrogen (secondary N) is 1. The summed E-state index contributed by atoms with van der Waals surface area (Å²) in [4.78, 5) is 35.8. The maximum Gasteiger partial charge on any atom is 0.412 e. The van der Waals surface area contributed by atoms with Crippen molar-refractivity contribution < 1.29 is 52.7 Å². The van der Waals surface area contributed by atoms with Crippen molar-refractivity contribution in [3.05, 3.63) is 132 Å². The number of aliphatic hydroxyl groups excluding tert-OH is 2. The van der Waals surface area contributed by atoms with E-state index < -0.39 is 42.0 Å². The fourth-order valence-corrected chi connectivity index (χ4v) is 9.94. The zero-order chi connectivity index (χ0) is 46.3. The lowest BCUT2D eigenvalue weighted by Crippen LogP contribution is -2.70. The molecule has 7 atom stereocenters. The van der Waals surface area contributed by atoms with Crippen LogP contribution in [0.25, 0.3) is 0 Å². The lowest BCUT2D eigenvalue weighted by molar-refractivity contribution is -0.256. The Morgan fingerprint density at radius 2 is 1.74 bits per heavy atom. The highest BCUT2D eigenvalue weighted by molar-refractivity contribution is 6.03. The molecule has 7 unspecified atom stereocenters. The number of hydrogen-bond acceptors (Lipinski definition) is 11. The fourth-order valence-electron chi connectivity index (χ4n) is 9.94. The van der Waals surface area contributed by atoms with Crippen molar-refractivity contribution in [1.82, 2.24) is 10.2 Å². The van der Waals surface area contributed by atoms with E-state index in [1.807, 2.05) is 36.4 Å². The fraction of sp³-hybridized carbons (Fsp3) is 0.481. The first-order valence-corrected chi connectivity index (χ1v) is 23.4. The molecule has 0 aromatic heterocycles. The van der Waals surface area contributed by atoms with E-state index in [4.69, 9.17) is 33.7 Å². The van der Waals surface area contributed by atoms with Gasteiger partial charge in [-0.3, -0.25) is 4.90 Å². The first-order valence-electron chi connectivity index (χ1n) is 23.4. The molecule has 4 aliphatic rings. The van der Waals surface area contributed by atoms with Crippen molar-refractivity contribution in [2.45, 2.75) is 108 Å². The maximum atomic E-state index is 14.7. The summed E-state index contributed by atoms with van der Waals surface area (Å²) in [5, 5.41) is 27.7. The van der Waals surface area contributed by atoms with Gasteiger partial charge in [-0.15, -0.1) is 13.2 Å². The molecule has 14 heteroatoms. The van der Waals surface area contributed by atoms with Gasteiger partial charge in [0.2, 0.25) is 12.1 Å². The van der Waals surface area contributed by atoms with Gasteiger partial charge in [0.25, 0.3) is 0 Å². The minimum Gasteiger partial charge on any atom is -0.459 e. The van der Waals surface area contributed by atoms with Crippen molar-refractivity contribution in [2.75, 3.05) is 33.0 Å². The minimum absolute atomic E-state index is 0.0121. The Bertz CT molecular complexity index is 2150. The molecule has 13 nitrogen and oxygen atoms in total. The van der Waals surface area contributed by atoms with Gasteiger partial charge in [-0.05, 0) is 104 Å². The molecule has 0 bridgehead atoms. The van der Waals surface area contributed by atoms with Gasteiger partial charge in [0.05, 0.1) is 31.5 Å². The predicted octanol–water partition coefficient (Wildman–Crippen LogP) is 9.49. The van der Waals surface area contributed by atoms with Crippen molar-refractivity contribution in [3.63, 3.8) is 0 Å². The van der Waals surface area contributed by atoms with E-state index in [1.165, 1.54) is 12.1 Å². The number of benzene rings is 3. The molecule has 0 radical (unpaired) electrons. The van der Waals surface area contributed by atoms with Gasteiger partial charge >= 0.3 is 12.2 Å². The number of hydrogen-bond donors (Lipinski definition) is 3. The number of fused-ring (bicyclic) bond motifs is 2. The molecule has 2 aliphatic heterocycles. The number of halogens is 1. The van der Waals surface area contributed by atoms with Crippen LogP contribution in [0.2, 0.25) is 0 Å². The van der Waals surface area contributed by atoms with Gasteiger partial charge in [-0.1, -0.05) is 78.7 Å². The van der Waals surface area contributed by atoms with Crippen molar-refractivity contribution in [2.24, 2.45) is 22.9 Å². The Morgan fingerprint density at radius 1 is 0.955 bits per heavy atom. The van der Waals surface area contributed by atoms with E-state index in [0.29, 0.717) is 61.5 Å². The number of ether oxygens (including phenoxy) is 5. The standard InChI is InChI=1S/C52H64FN3O10/c1-3-5-29-62-51(60)56(35-37-20-22-39(53)23-21-37)46-33-44(55-66-47-19-11-14-30-61-47)42-31-38(17-9-12-26-57)41(18-10-13-27-58)48-43-32-40(64-50(59)54-34-36-15-7-6-8-16-36)24-25-45(43)65-52(46,49(42)48)63-28-4-2/h3-4,6-8,15-16,20-25,31-32,38,41,46-49,57-58H,1-2,5,9-14,17-19,26-30,33-35H2,(H,54,59). The van der Waals surface area contributed by atoms with Gasteiger partial charge in [-0.25, -0.2) is 14.0 Å². The zero-order valence-corrected chi connectivity index (χ0v) is 37.7. The highest BCUT2D eigenvalue weighted by Gasteiger charge is 2.65. The van der Waals surface area contributed by atoms with Gasteiger partial charge in [0.1, 0.15) is 23.4 Å². The van der Waals surface area contributed by atoms with Crippen LogP contribution in [0.4, 0.5) is 14.0 Å². The molecule has 3 aromatic carbocycles. The van der Waals surface area contributed by atoms with Crippen LogP contribution >= 0.6 is 0 Å². The van der Waals surface area contributed by atoms with E-state index in [-0.39, 0.29) is 63.7 Å². The van der Waals surface area contributed by atoms with Crippen molar-refractivity contribution in [1.29, 1.82) is 0 Å². The van der Waals surface area contributed by atoms with Crippen LogP contribution in [0.5, 0.6) is 11.5 Å². The summed E-state index contributed by atoms with van der Waals surface area (Å²) >= 11 is 0. The molecule has 3 aromatic rings. The number of allylic oxidation sites excluding steroid dienone is 1. The number of amides is 2. The lowest BCUT2D eigenvalue weighted by Gasteiger charge is -2.59. The SMILES string of the molecule is C=CCCOC(=O)N(Cc1ccc(F)cc1)C1CC(=NOC2CCCCO2)C2=CC(CCCCO)C(CCCCO)C3c4cc(OC(=O)NCc5ccccc5)ccc4OC1(OCC=C)C23. The van der Waals surface area contributed by atoms with Gasteiger partial charge < -0.3 is 44.1 Å². The highest BCUT2D eigenvalue weighted by atomic mass is 19.1. The average Bonchev–Trinajstić information content (AvgIpc) is 3.34. The Kier molecular flexibility index (Phi) is 17.4. The van der Waals surface area contributed by atoms with Gasteiger partial charge in [-0.2, -0.15) is 0 Å². The molecule has 3 N–H and O–H groups in total. The third-order valence-electron chi connectivity index (χ3n) is 13.0. The largest absolute Gasteiger partial charge is 0.459 e. The molecule has 7 rings (SSSR count). The summed E-state index contributed by atoms with van der Waals surface area (Å²) in [6, 6.07) is 20.0. The number of carbonyl (C=O) groups excluding carboxylic acids is 2. The van der Waals surface area contributed by atoms with Crippen LogP contribution < -0.4 is 14.8 Å². The monoisotopic (exact) mass is 909 g/mol. The number of aliphatic hydroxyl groups is 2.